The van der Waals surface area contributed by atoms with Gasteiger partial charge in [-0.05, 0) is 6.42 Å². The van der Waals surface area contributed by atoms with Crippen LogP contribution in [-0.4, -0.2) is 18.5 Å². The molecule has 158 valence electrons. The Morgan fingerprint density at radius 1 is 0.704 bits per heavy atom. The quantitative estimate of drug-likeness (QED) is 0.154. The van der Waals surface area contributed by atoms with Gasteiger partial charge in [-0.25, -0.2) is 0 Å². The van der Waals surface area contributed by atoms with Crippen molar-refractivity contribution in [1.29, 1.82) is 0 Å². The van der Waals surface area contributed by atoms with E-state index in [1.54, 1.807) is 0 Å². The van der Waals surface area contributed by atoms with Crippen molar-refractivity contribution in [2.75, 3.05) is 6.61 Å². The van der Waals surface area contributed by atoms with Crippen LogP contribution in [0.1, 0.15) is 116 Å². The van der Waals surface area contributed by atoms with Crippen molar-refractivity contribution in [1.82, 2.24) is 0 Å². The van der Waals surface area contributed by atoms with Gasteiger partial charge in [-0.15, -0.1) is 0 Å². The Kier molecular flexibility index (Phi) is 18.5. The summed E-state index contributed by atoms with van der Waals surface area (Å²) in [6.45, 7) is 6.14. The van der Waals surface area contributed by atoms with Crippen LogP contribution in [0, 0.1) is 0 Å². The Labute approximate surface area is 167 Å². The molecule has 27 heavy (non-hydrogen) atoms. The molecule has 0 spiro atoms. The monoisotopic (exact) mass is 381 g/mol. The van der Waals surface area contributed by atoms with Gasteiger partial charge in [0.1, 0.15) is 0 Å². The summed E-state index contributed by atoms with van der Waals surface area (Å²) in [4.78, 5) is 22.2. The fourth-order valence-electron chi connectivity index (χ4n) is 3.15. The molecule has 0 bridgehead atoms. The van der Waals surface area contributed by atoms with Crippen LogP contribution in [-0.2, 0) is 14.3 Å². The molecule has 0 rings (SSSR count). The van der Waals surface area contributed by atoms with E-state index in [9.17, 15) is 9.59 Å². The second kappa shape index (κ2) is 19.4. The highest BCUT2D eigenvalue weighted by atomic mass is 16.5. The van der Waals surface area contributed by atoms with Crippen LogP contribution in [0.2, 0.25) is 0 Å². The number of rotatable bonds is 20. The molecular weight excluding hydrogens is 338 g/mol. The minimum atomic E-state index is -0.644. The number of carbonyl (C=O) groups excluding carboxylic acids is 2. The number of nitrogens with two attached hydrogens (primary N) is 1. The number of esters is 1. The lowest BCUT2D eigenvalue weighted by atomic mass is 10.0. The first kappa shape index (κ1) is 25.7. The molecule has 4 nitrogen and oxygen atoms in total. The third-order valence-corrected chi connectivity index (χ3v) is 4.97. The van der Waals surface area contributed by atoms with Gasteiger partial charge >= 0.3 is 5.97 Å². The van der Waals surface area contributed by atoms with Crippen LogP contribution < -0.4 is 5.73 Å². The SMILES string of the molecule is C=C(CC(=O)OCCCCCCCCCCCCCCCCCC)C(N)=O. The summed E-state index contributed by atoms with van der Waals surface area (Å²) in [6, 6.07) is 0. The highest BCUT2D eigenvalue weighted by Crippen LogP contribution is 2.13. The van der Waals surface area contributed by atoms with E-state index in [0.717, 1.165) is 12.8 Å². The first-order valence-corrected chi connectivity index (χ1v) is 11.2. The van der Waals surface area contributed by atoms with Crippen molar-refractivity contribution in [2.45, 2.75) is 116 Å². The van der Waals surface area contributed by atoms with E-state index in [2.05, 4.69) is 13.5 Å². The van der Waals surface area contributed by atoms with Gasteiger partial charge in [-0.2, -0.15) is 0 Å². The molecule has 0 fully saturated rings. The molecule has 0 unspecified atom stereocenters. The first-order valence-electron chi connectivity index (χ1n) is 11.2. The van der Waals surface area contributed by atoms with E-state index in [4.69, 9.17) is 10.5 Å². The lowest BCUT2D eigenvalue weighted by Crippen LogP contribution is -2.17. The van der Waals surface area contributed by atoms with Gasteiger partial charge in [0.05, 0.1) is 13.0 Å². The number of primary amides is 1. The van der Waals surface area contributed by atoms with E-state index in [0.29, 0.717) is 6.61 Å². The topological polar surface area (TPSA) is 69.4 Å². The average molecular weight is 382 g/mol. The molecule has 0 heterocycles. The summed E-state index contributed by atoms with van der Waals surface area (Å²) in [5, 5.41) is 0. The molecular formula is C23H43NO3. The zero-order chi connectivity index (χ0) is 20.2. The third-order valence-electron chi connectivity index (χ3n) is 4.97. The fourth-order valence-corrected chi connectivity index (χ4v) is 3.15. The molecule has 0 aromatic heterocycles. The fraction of sp³-hybridized carbons (Fsp3) is 0.826. The largest absolute Gasteiger partial charge is 0.465 e. The number of ether oxygens (including phenoxy) is 1. The summed E-state index contributed by atoms with van der Waals surface area (Å²) in [5.41, 5.74) is 5.14. The van der Waals surface area contributed by atoms with Crippen LogP contribution in [0.3, 0.4) is 0 Å². The minimum Gasteiger partial charge on any atom is -0.465 e. The van der Waals surface area contributed by atoms with Gasteiger partial charge in [0.15, 0.2) is 0 Å². The lowest BCUT2D eigenvalue weighted by Gasteiger charge is -2.05. The zero-order valence-corrected chi connectivity index (χ0v) is 17.7. The van der Waals surface area contributed by atoms with Crippen molar-refractivity contribution >= 4 is 11.9 Å². The summed E-state index contributed by atoms with van der Waals surface area (Å²) in [7, 11) is 0. The van der Waals surface area contributed by atoms with Gasteiger partial charge < -0.3 is 10.5 Å². The van der Waals surface area contributed by atoms with Crippen LogP contribution in [0.5, 0.6) is 0 Å². The molecule has 0 aliphatic rings. The van der Waals surface area contributed by atoms with Gasteiger partial charge in [-0.3, -0.25) is 9.59 Å². The number of unbranched alkanes of at least 4 members (excludes halogenated alkanes) is 15. The molecule has 0 radical (unpaired) electrons. The van der Waals surface area contributed by atoms with E-state index < -0.39 is 11.9 Å². The summed E-state index contributed by atoms with van der Waals surface area (Å²) >= 11 is 0. The molecule has 0 aromatic rings. The number of hydrogen-bond donors (Lipinski definition) is 1. The van der Waals surface area contributed by atoms with Crippen molar-refractivity contribution in [3.63, 3.8) is 0 Å². The molecule has 0 atom stereocenters. The highest BCUT2D eigenvalue weighted by Gasteiger charge is 2.09. The Bertz CT molecular complexity index is 393. The molecule has 0 aliphatic carbocycles. The predicted octanol–water partition coefficient (Wildman–Crippen LogP) is 6.22. The number of hydrogen-bond acceptors (Lipinski definition) is 3. The van der Waals surface area contributed by atoms with E-state index in [1.807, 2.05) is 0 Å². The molecule has 4 heteroatoms. The lowest BCUT2D eigenvalue weighted by molar-refractivity contribution is -0.143. The minimum absolute atomic E-state index is 0.103. The third kappa shape index (κ3) is 19.3. The van der Waals surface area contributed by atoms with Crippen LogP contribution in [0.25, 0.3) is 0 Å². The average Bonchev–Trinajstić information content (AvgIpc) is 2.64. The smallest absolute Gasteiger partial charge is 0.310 e. The second-order valence-corrected chi connectivity index (χ2v) is 7.67. The Morgan fingerprint density at radius 2 is 1.07 bits per heavy atom. The standard InChI is InChI=1S/C23H43NO3/c1-3-4-5-6-7-8-9-10-11-12-13-14-15-16-17-18-19-27-22(25)20-21(2)23(24)26/h2-20H2,1H3,(H2,24,26). The van der Waals surface area contributed by atoms with Crippen molar-refractivity contribution in [2.24, 2.45) is 5.73 Å². The molecule has 2 N–H and O–H groups in total. The van der Waals surface area contributed by atoms with Crippen molar-refractivity contribution < 1.29 is 14.3 Å². The second-order valence-electron chi connectivity index (χ2n) is 7.67. The summed E-state index contributed by atoms with van der Waals surface area (Å²) in [5.74, 6) is -1.06. The Balaban J connectivity index is 3.18. The molecule has 0 saturated heterocycles. The first-order chi connectivity index (χ1) is 13.1. The van der Waals surface area contributed by atoms with E-state index >= 15 is 0 Å². The van der Waals surface area contributed by atoms with Crippen molar-refractivity contribution in [3.05, 3.63) is 12.2 Å². The maximum absolute atomic E-state index is 11.4. The van der Waals surface area contributed by atoms with Crippen LogP contribution in [0.4, 0.5) is 0 Å². The molecule has 0 aliphatic heterocycles. The van der Waals surface area contributed by atoms with E-state index in [-0.39, 0.29) is 12.0 Å². The number of carbonyl (C=O) groups is 2. The molecule has 1 amide bonds. The predicted molar refractivity (Wildman–Crippen MR) is 113 cm³/mol. The highest BCUT2D eigenvalue weighted by molar-refractivity contribution is 5.95. The maximum atomic E-state index is 11.4. The van der Waals surface area contributed by atoms with Gasteiger partial charge in [0.25, 0.3) is 0 Å². The molecule has 0 saturated carbocycles. The molecule has 0 aromatic carbocycles. The van der Waals surface area contributed by atoms with Gasteiger partial charge in [0.2, 0.25) is 5.91 Å². The summed E-state index contributed by atoms with van der Waals surface area (Å²) in [6.07, 6.45) is 21.0. The van der Waals surface area contributed by atoms with Gasteiger partial charge in [0, 0.05) is 5.57 Å². The van der Waals surface area contributed by atoms with Crippen molar-refractivity contribution in [3.8, 4) is 0 Å². The van der Waals surface area contributed by atoms with Gasteiger partial charge in [-0.1, -0.05) is 110 Å². The normalized spacial score (nSPS) is 10.7. The van der Waals surface area contributed by atoms with E-state index in [1.165, 1.54) is 89.9 Å². The zero-order valence-electron chi connectivity index (χ0n) is 17.7. The number of amides is 1. The Hall–Kier alpha value is -1.32. The Morgan fingerprint density at radius 3 is 1.44 bits per heavy atom. The van der Waals surface area contributed by atoms with Crippen LogP contribution in [0.15, 0.2) is 12.2 Å². The summed E-state index contributed by atoms with van der Waals surface area (Å²) < 4.78 is 5.07. The van der Waals surface area contributed by atoms with Crippen LogP contribution >= 0.6 is 0 Å². The maximum Gasteiger partial charge on any atom is 0.310 e.